The summed E-state index contributed by atoms with van der Waals surface area (Å²) in [5.74, 6) is 4.56. The molecule has 0 fully saturated rings. The monoisotopic (exact) mass is 479 g/mol. The second-order valence-corrected chi connectivity index (χ2v) is 8.59. The smallest absolute Gasteiger partial charge is 0.354 e. The van der Waals surface area contributed by atoms with Crippen LogP contribution in [0.1, 0.15) is 35.5 Å². The number of hydrogen-bond acceptors (Lipinski definition) is 6. The van der Waals surface area contributed by atoms with Crippen molar-refractivity contribution in [1.29, 1.82) is 0 Å². The van der Waals surface area contributed by atoms with Crippen molar-refractivity contribution >= 4 is 33.3 Å². The highest BCUT2D eigenvalue weighted by Gasteiger charge is 2.18. The standard InChI is InChI=1S/C24H21N3O6S/c1-3-33-23-13-11-19(14-22(23)26-16(2)28)34(31,32)27-20-7-5-4-6-18(20)10-8-17-9-12-21(24(29)30)25-15-17/h4-7,9,11-15,27H,3H2,1-2H3,(H,26,28)(H,29,30). The van der Waals surface area contributed by atoms with Crippen molar-refractivity contribution in [2.24, 2.45) is 0 Å². The molecule has 0 atom stereocenters. The van der Waals surface area contributed by atoms with Gasteiger partial charge < -0.3 is 15.2 Å². The van der Waals surface area contributed by atoms with Gasteiger partial charge in [-0.1, -0.05) is 24.0 Å². The van der Waals surface area contributed by atoms with Crippen molar-refractivity contribution in [3.63, 3.8) is 0 Å². The number of nitrogens with one attached hydrogen (secondary N) is 2. The minimum absolute atomic E-state index is 0.0732. The van der Waals surface area contributed by atoms with E-state index in [1.54, 1.807) is 31.2 Å². The van der Waals surface area contributed by atoms with Gasteiger partial charge in [0, 0.05) is 24.2 Å². The first-order valence-corrected chi connectivity index (χ1v) is 11.6. The van der Waals surface area contributed by atoms with Gasteiger partial charge in [-0.05, 0) is 49.4 Å². The molecule has 1 heterocycles. The summed E-state index contributed by atoms with van der Waals surface area (Å²) in [5, 5.41) is 11.5. The third kappa shape index (κ3) is 6.11. The van der Waals surface area contributed by atoms with Gasteiger partial charge in [0.15, 0.2) is 0 Å². The maximum absolute atomic E-state index is 13.1. The predicted octanol–water partition coefficient (Wildman–Crippen LogP) is 3.34. The summed E-state index contributed by atoms with van der Waals surface area (Å²) >= 11 is 0. The molecule has 0 aliphatic carbocycles. The molecule has 0 bridgehead atoms. The largest absolute Gasteiger partial charge is 0.492 e. The van der Waals surface area contributed by atoms with Crippen LogP contribution >= 0.6 is 0 Å². The Labute approximate surface area is 196 Å². The third-order valence-electron chi connectivity index (χ3n) is 4.37. The number of carbonyl (C=O) groups excluding carboxylic acids is 1. The molecule has 1 aromatic heterocycles. The molecule has 0 radical (unpaired) electrons. The number of carbonyl (C=O) groups is 2. The minimum Gasteiger partial charge on any atom is -0.492 e. The topological polar surface area (TPSA) is 135 Å². The van der Waals surface area contributed by atoms with E-state index in [9.17, 15) is 18.0 Å². The van der Waals surface area contributed by atoms with Gasteiger partial charge in [-0.3, -0.25) is 9.52 Å². The zero-order valence-corrected chi connectivity index (χ0v) is 19.1. The normalized spacial score (nSPS) is 10.5. The van der Waals surface area contributed by atoms with E-state index in [1.807, 2.05) is 0 Å². The van der Waals surface area contributed by atoms with Gasteiger partial charge in [0.25, 0.3) is 10.0 Å². The van der Waals surface area contributed by atoms with Crippen LogP contribution in [0.2, 0.25) is 0 Å². The Morgan fingerprint density at radius 2 is 1.82 bits per heavy atom. The number of aromatic nitrogens is 1. The molecule has 0 spiro atoms. The summed E-state index contributed by atoms with van der Waals surface area (Å²) in [6.07, 6.45) is 1.33. The number of benzene rings is 2. The first-order chi connectivity index (χ1) is 16.2. The summed E-state index contributed by atoms with van der Waals surface area (Å²) in [4.78, 5) is 26.2. The van der Waals surface area contributed by atoms with Crippen molar-refractivity contribution in [3.05, 3.63) is 77.6 Å². The van der Waals surface area contributed by atoms with Gasteiger partial charge in [0.2, 0.25) is 5.91 Å². The molecule has 10 heteroatoms. The highest BCUT2D eigenvalue weighted by Crippen LogP contribution is 2.29. The van der Waals surface area contributed by atoms with Crippen LogP contribution in [0.3, 0.4) is 0 Å². The molecule has 0 aliphatic rings. The number of rotatable bonds is 7. The summed E-state index contributed by atoms with van der Waals surface area (Å²) in [6.45, 7) is 3.44. The SMILES string of the molecule is CCOc1ccc(S(=O)(=O)Nc2ccccc2C#Cc2ccc(C(=O)O)nc2)cc1NC(C)=O. The molecule has 0 unspecified atom stereocenters. The fourth-order valence-corrected chi connectivity index (χ4v) is 3.97. The van der Waals surface area contributed by atoms with Crippen LogP contribution in [-0.4, -0.2) is 37.0 Å². The van der Waals surface area contributed by atoms with Gasteiger partial charge in [-0.25, -0.2) is 18.2 Å². The molecule has 3 N–H and O–H groups in total. The van der Waals surface area contributed by atoms with Crippen molar-refractivity contribution in [1.82, 2.24) is 4.98 Å². The lowest BCUT2D eigenvalue weighted by molar-refractivity contribution is -0.114. The number of hydrogen-bond donors (Lipinski definition) is 3. The lowest BCUT2D eigenvalue weighted by Gasteiger charge is -2.14. The number of sulfonamides is 1. The Balaban J connectivity index is 1.90. The molecule has 2 aromatic carbocycles. The lowest BCUT2D eigenvalue weighted by atomic mass is 10.1. The third-order valence-corrected chi connectivity index (χ3v) is 5.73. The number of carboxylic acids is 1. The van der Waals surface area contributed by atoms with Crippen LogP contribution in [0.25, 0.3) is 0 Å². The van der Waals surface area contributed by atoms with Crippen LogP contribution in [0, 0.1) is 11.8 Å². The van der Waals surface area contributed by atoms with Gasteiger partial charge in [-0.2, -0.15) is 0 Å². The van der Waals surface area contributed by atoms with Crippen molar-refractivity contribution in [3.8, 4) is 17.6 Å². The second-order valence-electron chi connectivity index (χ2n) is 6.91. The average molecular weight is 480 g/mol. The molecule has 3 rings (SSSR count). The maximum atomic E-state index is 13.1. The van der Waals surface area contributed by atoms with E-state index in [1.165, 1.54) is 43.5 Å². The number of anilines is 2. The van der Waals surface area contributed by atoms with E-state index in [2.05, 4.69) is 26.9 Å². The number of aromatic carboxylic acids is 1. The highest BCUT2D eigenvalue weighted by atomic mass is 32.2. The molecule has 3 aromatic rings. The number of para-hydroxylation sites is 1. The molecular formula is C24H21N3O6S. The Hall–Kier alpha value is -4.36. The Kier molecular flexibility index (Phi) is 7.50. The number of amides is 1. The van der Waals surface area contributed by atoms with Gasteiger partial charge >= 0.3 is 5.97 Å². The first kappa shape index (κ1) is 24.3. The van der Waals surface area contributed by atoms with Gasteiger partial charge in [0.05, 0.1) is 22.9 Å². The molecule has 0 saturated carbocycles. The van der Waals surface area contributed by atoms with Crippen molar-refractivity contribution in [2.75, 3.05) is 16.6 Å². The van der Waals surface area contributed by atoms with Gasteiger partial charge in [-0.15, -0.1) is 0 Å². The molecule has 1 amide bonds. The van der Waals surface area contributed by atoms with Crippen molar-refractivity contribution < 1.29 is 27.9 Å². The van der Waals surface area contributed by atoms with Crippen LogP contribution in [0.5, 0.6) is 5.75 Å². The van der Waals surface area contributed by atoms with E-state index in [0.717, 1.165) is 0 Å². The molecular weight excluding hydrogens is 458 g/mol. The summed E-state index contributed by atoms with van der Waals surface area (Å²) in [7, 11) is -4.03. The minimum atomic E-state index is -4.03. The summed E-state index contributed by atoms with van der Waals surface area (Å²) in [5.41, 5.74) is 1.26. The highest BCUT2D eigenvalue weighted by molar-refractivity contribution is 7.92. The van der Waals surface area contributed by atoms with E-state index < -0.39 is 16.0 Å². The number of ether oxygens (including phenoxy) is 1. The predicted molar refractivity (Wildman–Crippen MR) is 126 cm³/mol. The quantitative estimate of drug-likeness (QED) is 0.442. The fourth-order valence-electron chi connectivity index (χ4n) is 2.86. The zero-order valence-electron chi connectivity index (χ0n) is 18.3. The van der Waals surface area contributed by atoms with Crippen LogP contribution in [0.4, 0.5) is 11.4 Å². The number of carboxylic acid groups (broad SMARTS) is 1. The van der Waals surface area contributed by atoms with Crippen LogP contribution < -0.4 is 14.8 Å². The molecule has 0 aliphatic heterocycles. The van der Waals surface area contributed by atoms with E-state index in [4.69, 9.17) is 9.84 Å². The van der Waals surface area contributed by atoms with Crippen molar-refractivity contribution in [2.45, 2.75) is 18.7 Å². The van der Waals surface area contributed by atoms with E-state index in [0.29, 0.717) is 23.5 Å². The number of pyridine rings is 1. The average Bonchev–Trinajstić information content (AvgIpc) is 2.79. The van der Waals surface area contributed by atoms with Crippen LogP contribution in [0.15, 0.2) is 65.7 Å². The molecule has 34 heavy (non-hydrogen) atoms. The number of nitrogens with zero attached hydrogens (tertiary/aromatic N) is 1. The summed E-state index contributed by atoms with van der Waals surface area (Å²) < 4.78 is 34.1. The lowest BCUT2D eigenvalue weighted by Crippen LogP contribution is -2.15. The maximum Gasteiger partial charge on any atom is 0.354 e. The fraction of sp³-hybridized carbons (Fsp3) is 0.125. The van der Waals surface area contributed by atoms with Crippen LogP contribution in [-0.2, 0) is 14.8 Å². The van der Waals surface area contributed by atoms with E-state index in [-0.39, 0.29) is 27.9 Å². The Morgan fingerprint density at radius 1 is 1.06 bits per heavy atom. The second kappa shape index (κ2) is 10.5. The Bertz CT molecular complexity index is 1390. The molecule has 9 nitrogen and oxygen atoms in total. The molecule has 174 valence electrons. The summed E-state index contributed by atoms with van der Waals surface area (Å²) in [6, 6.07) is 13.6. The Morgan fingerprint density at radius 3 is 2.47 bits per heavy atom. The zero-order chi connectivity index (χ0) is 24.7. The van der Waals surface area contributed by atoms with Gasteiger partial charge in [0.1, 0.15) is 11.4 Å². The first-order valence-electron chi connectivity index (χ1n) is 10.1. The van der Waals surface area contributed by atoms with E-state index >= 15 is 0 Å². The molecule has 0 saturated heterocycles.